The molecule has 0 saturated carbocycles. The van der Waals surface area contributed by atoms with Crippen molar-refractivity contribution in [1.82, 2.24) is 0 Å². The van der Waals surface area contributed by atoms with Gasteiger partial charge in [-0.15, -0.1) is 23.1 Å². The van der Waals surface area contributed by atoms with Gasteiger partial charge in [-0.3, -0.25) is 9.59 Å². The number of esters is 2. The molecule has 138 valence electrons. The molecule has 0 unspecified atom stereocenters. The summed E-state index contributed by atoms with van der Waals surface area (Å²) in [6.45, 7) is 1.97. The molecule has 1 heterocycles. The molecule has 0 fully saturated rings. The Bertz CT molecular complexity index is 773. The first-order valence-corrected chi connectivity index (χ1v) is 9.88. The first kappa shape index (κ1) is 20.0. The van der Waals surface area contributed by atoms with Gasteiger partial charge in [0.25, 0.3) is 0 Å². The first-order chi connectivity index (χ1) is 12.6. The Morgan fingerprint density at radius 1 is 1.15 bits per heavy atom. The maximum Gasteiger partial charge on any atom is 0.341 e. The van der Waals surface area contributed by atoms with Crippen molar-refractivity contribution in [2.75, 3.05) is 30.5 Å². The van der Waals surface area contributed by atoms with Gasteiger partial charge in [0.15, 0.2) is 0 Å². The van der Waals surface area contributed by atoms with Crippen LogP contribution in [0.3, 0.4) is 0 Å². The third-order valence-electron chi connectivity index (χ3n) is 3.29. The van der Waals surface area contributed by atoms with Crippen LogP contribution in [0.4, 0.5) is 5.00 Å². The molecule has 0 aliphatic carbocycles. The number of hydrogen-bond acceptors (Lipinski definition) is 7. The number of nitrogens with one attached hydrogen (secondary N) is 1. The monoisotopic (exact) mass is 393 g/mol. The molecule has 2 rings (SSSR count). The number of hydrogen-bond donors (Lipinski definition) is 1. The van der Waals surface area contributed by atoms with Crippen LogP contribution in [0.5, 0.6) is 0 Å². The fourth-order valence-corrected chi connectivity index (χ4v) is 3.75. The number of thioether (sulfide) groups is 1. The lowest BCUT2D eigenvalue weighted by atomic mass is 10.0. The van der Waals surface area contributed by atoms with Crippen molar-refractivity contribution in [3.63, 3.8) is 0 Å². The topological polar surface area (TPSA) is 81.7 Å². The Kier molecular flexibility index (Phi) is 7.68. The van der Waals surface area contributed by atoms with E-state index in [-0.39, 0.29) is 24.0 Å². The molecule has 0 aliphatic rings. The largest absolute Gasteiger partial charge is 0.468 e. The molecule has 0 radical (unpaired) electrons. The predicted octanol–water partition coefficient (Wildman–Crippen LogP) is 3.44. The van der Waals surface area contributed by atoms with Gasteiger partial charge in [0, 0.05) is 10.9 Å². The molecule has 0 saturated heterocycles. The third-order valence-corrected chi connectivity index (χ3v) is 5.09. The fourth-order valence-electron chi connectivity index (χ4n) is 2.13. The summed E-state index contributed by atoms with van der Waals surface area (Å²) < 4.78 is 9.68. The van der Waals surface area contributed by atoms with Gasteiger partial charge in [-0.1, -0.05) is 30.3 Å². The van der Waals surface area contributed by atoms with Crippen LogP contribution in [0, 0.1) is 0 Å². The second-order valence-corrected chi connectivity index (χ2v) is 6.92. The van der Waals surface area contributed by atoms with Crippen molar-refractivity contribution in [3.05, 3.63) is 41.3 Å². The van der Waals surface area contributed by atoms with Crippen LogP contribution in [0.1, 0.15) is 17.3 Å². The van der Waals surface area contributed by atoms with E-state index < -0.39 is 11.9 Å². The standard InChI is InChI=1S/C18H19NO5S2/c1-3-24-18(22)16-13(12-7-5-4-6-8-12)9-26-17(16)19-14(20)10-25-11-15(21)23-2/h4-9H,3,10-11H2,1-2H3,(H,19,20). The van der Waals surface area contributed by atoms with Crippen LogP contribution in [0.15, 0.2) is 35.7 Å². The van der Waals surface area contributed by atoms with E-state index in [1.165, 1.54) is 18.4 Å². The first-order valence-electron chi connectivity index (χ1n) is 7.85. The van der Waals surface area contributed by atoms with Crippen LogP contribution in [0.25, 0.3) is 11.1 Å². The van der Waals surface area contributed by atoms with Gasteiger partial charge in [-0.05, 0) is 12.5 Å². The SMILES string of the molecule is CCOC(=O)c1c(-c2ccccc2)csc1NC(=O)CSCC(=O)OC. The highest BCUT2D eigenvalue weighted by molar-refractivity contribution is 8.00. The molecule has 0 atom stereocenters. The fraction of sp³-hybridized carbons (Fsp3) is 0.278. The van der Waals surface area contributed by atoms with E-state index in [0.29, 0.717) is 16.1 Å². The normalized spacial score (nSPS) is 10.2. The zero-order chi connectivity index (χ0) is 18.9. The van der Waals surface area contributed by atoms with Gasteiger partial charge < -0.3 is 14.8 Å². The van der Waals surface area contributed by atoms with Crippen molar-refractivity contribution < 1.29 is 23.9 Å². The number of rotatable bonds is 8. The van der Waals surface area contributed by atoms with E-state index in [0.717, 1.165) is 17.3 Å². The van der Waals surface area contributed by atoms with Crippen molar-refractivity contribution >= 4 is 45.9 Å². The quantitative estimate of drug-likeness (QED) is 0.692. The van der Waals surface area contributed by atoms with E-state index in [1.807, 2.05) is 35.7 Å². The summed E-state index contributed by atoms with van der Waals surface area (Å²) >= 11 is 2.41. The number of ether oxygens (including phenoxy) is 2. The molecule has 6 nitrogen and oxygen atoms in total. The zero-order valence-corrected chi connectivity index (χ0v) is 16.1. The summed E-state index contributed by atoms with van der Waals surface area (Å²) in [6, 6.07) is 9.43. The van der Waals surface area contributed by atoms with Gasteiger partial charge in [-0.25, -0.2) is 4.79 Å². The van der Waals surface area contributed by atoms with Crippen LogP contribution in [-0.2, 0) is 19.1 Å². The predicted molar refractivity (Wildman–Crippen MR) is 104 cm³/mol. The summed E-state index contributed by atoms with van der Waals surface area (Å²) in [6.07, 6.45) is 0. The minimum absolute atomic E-state index is 0.0793. The van der Waals surface area contributed by atoms with Crippen molar-refractivity contribution in [3.8, 4) is 11.1 Å². The Balaban J connectivity index is 2.17. The molecule has 0 bridgehead atoms. The Morgan fingerprint density at radius 2 is 1.88 bits per heavy atom. The average Bonchev–Trinajstić information content (AvgIpc) is 3.06. The lowest BCUT2D eigenvalue weighted by Gasteiger charge is -2.08. The van der Waals surface area contributed by atoms with Gasteiger partial charge in [0.05, 0.1) is 25.2 Å². The lowest BCUT2D eigenvalue weighted by Crippen LogP contribution is -2.17. The Morgan fingerprint density at radius 3 is 2.54 bits per heavy atom. The summed E-state index contributed by atoms with van der Waals surface area (Å²) in [5.41, 5.74) is 1.92. The molecule has 1 N–H and O–H groups in total. The Hall–Kier alpha value is -2.32. The van der Waals surface area contributed by atoms with Crippen LogP contribution < -0.4 is 5.32 Å². The van der Waals surface area contributed by atoms with E-state index in [1.54, 1.807) is 6.92 Å². The molecule has 1 aromatic carbocycles. The third kappa shape index (κ3) is 5.34. The minimum Gasteiger partial charge on any atom is -0.468 e. The lowest BCUT2D eigenvalue weighted by molar-refractivity contribution is -0.137. The molecule has 1 aromatic heterocycles. The maximum absolute atomic E-state index is 12.4. The molecule has 26 heavy (non-hydrogen) atoms. The van der Waals surface area contributed by atoms with E-state index >= 15 is 0 Å². The smallest absolute Gasteiger partial charge is 0.341 e. The number of carbonyl (C=O) groups excluding carboxylic acids is 3. The van der Waals surface area contributed by atoms with E-state index in [2.05, 4.69) is 10.1 Å². The highest BCUT2D eigenvalue weighted by Crippen LogP contribution is 2.36. The summed E-state index contributed by atoms with van der Waals surface area (Å²) in [5, 5.41) is 4.99. The minimum atomic E-state index is -0.481. The average molecular weight is 393 g/mol. The molecular weight excluding hydrogens is 374 g/mol. The van der Waals surface area contributed by atoms with Crippen LogP contribution in [0.2, 0.25) is 0 Å². The summed E-state index contributed by atoms with van der Waals surface area (Å²) in [7, 11) is 1.30. The molecule has 1 amide bonds. The summed E-state index contributed by atoms with van der Waals surface area (Å²) in [5.74, 6) is -1.00. The molecule has 0 spiro atoms. The Labute approximate surface area is 159 Å². The van der Waals surface area contributed by atoms with Crippen molar-refractivity contribution in [1.29, 1.82) is 0 Å². The van der Waals surface area contributed by atoms with Gasteiger partial charge >= 0.3 is 11.9 Å². The molecule has 2 aromatic rings. The highest BCUT2D eigenvalue weighted by atomic mass is 32.2. The van der Waals surface area contributed by atoms with Gasteiger partial charge in [0.2, 0.25) is 5.91 Å². The van der Waals surface area contributed by atoms with Crippen molar-refractivity contribution in [2.45, 2.75) is 6.92 Å². The number of carbonyl (C=O) groups is 3. The summed E-state index contributed by atoms with van der Waals surface area (Å²) in [4.78, 5) is 35.6. The second kappa shape index (κ2) is 9.98. The number of amides is 1. The number of methoxy groups -OCH3 is 1. The van der Waals surface area contributed by atoms with Crippen LogP contribution in [-0.4, -0.2) is 43.1 Å². The molecular formula is C18H19NO5S2. The second-order valence-electron chi connectivity index (χ2n) is 5.06. The van der Waals surface area contributed by atoms with Crippen LogP contribution >= 0.6 is 23.1 Å². The highest BCUT2D eigenvalue weighted by Gasteiger charge is 2.22. The number of thiophene rings is 1. The van der Waals surface area contributed by atoms with Crippen molar-refractivity contribution in [2.24, 2.45) is 0 Å². The maximum atomic E-state index is 12.4. The van der Waals surface area contributed by atoms with E-state index in [9.17, 15) is 14.4 Å². The molecule has 8 heteroatoms. The molecule has 0 aliphatic heterocycles. The van der Waals surface area contributed by atoms with Gasteiger partial charge in [-0.2, -0.15) is 0 Å². The zero-order valence-electron chi connectivity index (χ0n) is 14.4. The van der Waals surface area contributed by atoms with E-state index in [4.69, 9.17) is 4.74 Å². The van der Waals surface area contributed by atoms with Gasteiger partial charge in [0.1, 0.15) is 10.6 Å². The number of benzene rings is 1. The number of anilines is 1.